The first-order chi connectivity index (χ1) is 18.3. The summed E-state index contributed by atoms with van der Waals surface area (Å²) in [5.74, 6) is -1.81. The van der Waals surface area contributed by atoms with E-state index < -0.39 is 61.3 Å². The number of para-hydroxylation sites is 1. The zero-order valence-electron chi connectivity index (χ0n) is 21.0. The highest BCUT2D eigenvalue weighted by molar-refractivity contribution is 5.89. The summed E-state index contributed by atoms with van der Waals surface area (Å²) in [6.45, 7) is 3.95. The minimum atomic E-state index is -1.60. The maximum Gasteiger partial charge on any atom is 0.337 e. The number of aliphatic hydroxyl groups is 5. The van der Waals surface area contributed by atoms with E-state index in [9.17, 15) is 30.3 Å². The molecule has 3 aliphatic heterocycles. The van der Waals surface area contributed by atoms with Crippen LogP contribution >= 0.6 is 0 Å². The number of H-pyrrole nitrogens is 1. The van der Waals surface area contributed by atoms with Gasteiger partial charge in [0.15, 0.2) is 6.29 Å². The Morgan fingerprint density at radius 2 is 2.00 bits per heavy atom. The second-order valence-electron chi connectivity index (χ2n) is 10.0. The van der Waals surface area contributed by atoms with Gasteiger partial charge in [-0.2, -0.15) is 0 Å². The molecular weight excluding hydrogens is 496 g/mol. The zero-order valence-corrected chi connectivity index (χ0v) is 21.0. The van der Waals surface area contributed by atoms with Crippen molar-refractivity contribution in [2.45, 2.75) is 55.8 Å². The molecule has 1 aromatic carbocycles. The molecule has 11 nitrogen and oxygen atoms in total. The van der Waals surface area contributed by atoms with Crippen molar-refractivity contribution < 1.29 is 44.5 Å². The number of esters is 1. The van der Waals surface area contributed by atoms with Crippen LogP contribution in [0.2, 0.25) is 0 Å². The summed E-state index contributed by atoms with van der Waals surface area (Å²) in [5, 5.41) is 52.1. The fourth-order valence-electron chi connectivity index (χ4n) is 6.23. The highest BCUT2D eigenvalue weighted by Gasteiger charge is 2.51. The van der Waals surface area contributed by atoms with E-state index in [4.69, 9.17) is 14.2 Å². The Morgan fingerprint density at radius 3 is 2.68 bits per heavy atom. The number of benzene rings is 1. The third-order valence-electron chi connectivity index (χ3n) is 8.15. The fraction of sp³-hybridized carbons (Fsp3) is 0.519. The van der Waals surface area contributed by atoms with Gasteiger partial charge in [-0.3, -0.25) is 4.90 Å². The van der Waals surface area contributed by atoms with Crippen LogP contribution in [0.4, 0.5) is 0 Å². The van der Waals surface area contributed by atoms with Crippen LogP contribution in [-0.2, 0) is 25.4 Å². The number of hydrogen-bond donors (Lipinski definition) is 6. The van der Waals surface area contributed by atoms with Crippen LogP contribution in [0.15, 0.2) is 48.8 Å². The summed E-state index contributed by atoms with van der Waals surface area (Å²) in [5.41, 5.74) is 3.17. The monoisotopic (exact) mass is 530 g/mol. The minimum Gasteiger partial charge on any atom is -0.515 e. The lowest BCUT2D eigenvalue weighted by atomic mass is 9.74. The predicted octanol–water partition coefficient (Wildman–Crippen LogP) is 0.647. The molecule has 206 valence electrons. The number of carbonyl (C=O) groups is 1. The van der Waals surface area contributed by atoms with Gasteiger partial charge in [0, 0.05) is 35.0 Å². The molecule has 4 heterocycles. The highest BCUT2D eigenvalue weighted by Crippen LogP contribution is 2.49. The van der Waals surface area contributed by atoms with Crippen LogP contribution < -0.4 is 0 Å². The Kier molecular flexibility index (Phi) is 7.60. The number of nitrogens with zero attached hydrogens (tertiary/aromatic N) is 1. The van der Waals surface area contributed by atoms with Gasteiger partial charge in [-0.1, -0.05) is 24.3 Å². The number of nitrogens with one attached hydrogen (secondary N) is 1. The molecular formula is C27H34N2O9. The lowest BCUT2D eigenvalue weighted by Gasteiger charge is -2.52. The molecule has 11 heteroatoms. The summed E-state index contributed by atoms with van der Waals surface area (Å²) in [6, 6.07) is 7.73. The molecule has 6 N–H and O–H groups in total. The third-order valence-corrected chi connectivity index (χ3v) is 8.15. The van der Waals surface area contributed by atoms with Crippen molar-refractivity contribution in [1.29, 1.82) is 0 Å². The molecule has 0 unspecified atom stereocenters. The lowest BCUT2D eigenvalue weighted by Crippen LogP contribution is -2.62. The molecule has 0 saturated carbocycles. The molecule has 38 heavy (non-hydrogen) atoms. The van der Waals surface area contributed by atoms with Crippen LogP contribution in [0.25, 0.3) is 10.9 Å². The number of methoxy groups -OCH3 is 1. The number of piperidine rings is 1. The van der Waals surface area contributed by atoms with Gasteiger partial charge in [-0.15, -0.1) is 6.58 Å². The van der Waals surface area contributed by atoms with E-state index in [1.54, 1.807) is 6.08 Å². The lowest BCUT2D eigenvalue weighted by molar-refractivity contribution is -0.333. The van der Waals surface area contributed by atoms with Gasteiger partial charge in [-0.25, -0.2) is 4.79 Å². The van der Waals surface area contributed by atoms with Gasteiger partial charge in [0.25, 0.3) is 0 Å². The SMILES string of the molecule is C=C[C@H]1[C@@H](/C(=C\O)C(=O)OC)C[C@H]2c3[nH]c4ccccc4c3CCN2[C@H]1O[C@@H]1O[C@H](CO)[C@@H](O)[C@H](O)[C@H]1O. The maximum absolute atomic E-state index is 12.7. The van der Waals surface area contributed by atoms with Crippen molar-refractivity contribution in [2.24, 2.45) is 11.8 Å². The summed E-state index contributed by atoms with van der Waals surface area (Å²) in [7, 11) is 1.24. The minimum absolute atomic E-state index is 0.0580. The molecule has 2 saturated heterocycles. The molecule has 9 atom stereocenters. The normalized spacial score (nSPS) is 35.9. The molecule has 0 aliphatic carbocycles. The van der Waals surface area contributed by atoms with Gasteiger partial charge in [-0.05, 0) is 24.5 Å². The van der Waals surface area contributed by atoms with Crippen molar-refractivity contribution in [1.82, 2.24) is 9.88 Å². The second kappa shape index (κ2) is 10.8. The number of rotatable bonds is 6. The average Bonchev–Trinajstić information content (AvgIpc) is 3.32. The molecule has 0 amide bonds. The smallest absolute Gasteiger partial charge is 0.337 e. The third kappa shape index (κ3) is 4.34. The molecule has 3 aliphatic rings. The van der Waals surface area contributed by atoms with E-state index in [1.807, 2.05) is 18.2 Å². The second-order valence-corrected chi connectivity index (χ2v) is 10.0. The van der Waals surface area contributed by atoms with Gasteiger partial charge >= 0.3 is 5.97 Å². The van der Waals surface area contributed by atoms with Gasteiger partial charge in [0.05, 0.1) is 31.6 Å². The fourth-order valence-corrected chi connectivity index (χ4v) is 6.23. The Balaban J connectivity index is 1.56. The molecule has 1 aromatic heterocycles. The van der Waals surface area contributed by atoms with E-state index in [2.05, 4.69) is 22.5 Å². The van der Waals surface area contributed by atoms with Crippen molar-refractivity contribution in [3.63, 3.8) is 0 Å². The largest absolute Gasteiger partial charge is 0.515 e. The first-order valence-electron chi connectivity index (χ1n) is 12.7. The van der Waals surface area contributed by atoms with E-state index in [1.165, 1.54) is 7.11 Å². The molecule has 0 bridgehead atoms. The van der Waals surface area contributed by atoms with E-state index in [-0.39, 0.29) is 11.6 Å². The van der Waals surface area contributed by atoms with Crippen LogP contribution in [0.3, 0.4) is 0 Å². The van der Waals surface area contributed by atoms with Crippen molar-refractivity contribution in [3.05, 3.63) is 60.0 Å². The summed E-state index contributed by atoms with van der Waals surface area (Å²) in [4.78, 5) is 18.3. The number of carbonyl (C=O) groups excluding carboxylic acids is 1. The van der Waals surface area contributed by atoms with Crippen LogP contribution in [-0.4, -0.2) is 98.6 Å². The summed E-state index contributed by atoms with van der Waals surface area (Å²) in [6.07, 6.45) is -4.54. The first kappa shape index (κ1) is 26.8. The Bertz CT molecular complexity index is 1210. The Morgan fingerprint density at radius 1 is 1.24 bits per heavy atom. The topological polar surface area (TPSA) is 165 Å². The summed E-state index contributed by atoms with van der Waals surface area (Å²) >= 11 is 0. The number of aromatic amines is 1. The van der Waals surface area contributed by atoms with E-state index >= 15 is 0 Å². The molecule has 2 aromatic rings. The van der Waals surface area contributed by atoms with Crippen molar-refractivity contribution >= 4 is 16.9 Å². The van der Waals surface area contributed by atoms with E-state index in [0.29, 0.717) is 19.4 Å². The number of aromatic nitrogens is 1. The Labute approximate surface area is 219 Å². The number of ether oxygens (including phenoxy) is 3. The maximum atomic E-state index is 12.7. The van der Waals surface area contributed by atoms with E-state index in [0.717, 1.165) is 28.4 Å². The Hall–Kier alpha value is -2.77. The molecule has 0 radical (unpaired) electrons. The van der Waals surface area contributed by atoms with Crippen molar-refractivity contribution in [2.75, 3.05) is 20.3 Å². The number of fused-ring (bicyclic) bond motifs is 5. The summed E-state index contributed by atoms with van der Waals surface area (Å²) < 4.78 is 16.9. The van der Waals surface area contributed by atoms with Crippen LogP contribution in [0.1, 0.15) is 23.7 Å². The van der Waals surface area contributed by atoms with Gasteiger partial charge in [0.1, 0.15) is 30.6 Å². The van der Waals surface area contributed by atoms with Crippen molar-refractivity contribution in [3.8, 4) is 0 Å². The standard InChI is InChI=1S/C27H34N2O9/c1-3-13-16(17(11-30)26(35)36-2)10-19-21-15(14-6-4-5-7-18(14)28-21)8-9-29(19)25(13)38-27-24(34)23(33)22(32)20(12-31)37-27/h3-7,11,13,16,19-20,22-25,27-28,30-34H,1,8-10,12H2,2H3/b17-11+/t13-,16-,19-,20+,22+,23-,24+,25-,27-/m0/s1. The van der Waals surface area contributed by atoms with Gasteiger partial charge < -0.3 is 44.7 Å². The van der Waals surface area contributed by atoms with Crippen LogP contribution in [0, 0.1) is 11.8 Å². The molecule has 5 rings (SSSR count). The zero-order chi connectivity index (χ0) is 27.1. The number of hydrogen-bond acceptors (Lipinski definition) is 10. The quantitative estimate of drug-likeness (QED) is 0.135. The predicted molar refractivity (Wildman–Crippen MR) is 135 cm³/mol. The van der Waals surface area contributed by atoms with Crippen LogP contribution in [0.5, 0.6) is 0 Å². The highest BCUT2D eigenvalue weighted by atomic mass is 16.7. The average molecular weight is 531 g/mol. The molecule has 0 spiro atoms. The molecule has 2 fully saturated rings. The first-order valence-corrected chi connectivity index (χ1v) is 12.7. The number of aliphatic hydroxyl groups excluding tert-OH is 5. The van der Waals surface area contributed by atoms with Gasteiger partial charge in [0.2, 0.25) is 0 Å².